The third-order valence-corrected chi connectivity index (χ3v) is 4.63. The van der Waals surface area contributed by atoms with E-state index in [1.807, 2.05) is 0 Å². The molecule has 0 aliphatic heterocycles. The van der Waals surface area contributed by atoms with Gasteiger partial charge in [-0.05, 0) is 42.5 Å². The van der Waals surface area contributed by atoms with Crippen LogP contribution in [0.5, 0.6) is 0 Å². The van der Waals surface area contributed by atoms with Crippen molar-refractivity contribution >= 4 is 17.6 Å². The van der Waals surface area contributed by atoms with E-state index < -0.39 is 59.2 Å². The number of nitrogens with one attached hydrogen (secondary N) is 1. The standard InChI is InChI=1S/C18H18F6N2O3/c19-17(20,21)11-4-9(5-12(8-11)18(22,23)24)6-14(28)26-15(16(25)29)10-2-1-3-13(27)7-10/h4-5,8,10,15H,1-3,6-7H2,(H2,25,29)(H,26,28)/t10-,15-/m0/s1. The van der Waals surface area contributed by atoms with Crippen LogP contribution in [0.3, 0.4) is 0 Å². The van der Waals surface area contributed by atoms with E-state index in [2.05, 4.69) is 5.32 Å². The summed E-state index contributed by atoms with van der Waals surface area (Å²) in [7, 11) is 0. The highest BCUT2D eigenvalue weighted by atomic mass is 19.4. The summed E-state index contributed by atoms with van der Waals surface area (Å²) in [6, 6.07) is -0.391. The number of halogens is 6. The van der Waals surface area contributed by atoms with E-state index in [9.17, 15) is 40.7 Å². The molecule has 3 N–H and O–H groups in total. The summed E-state index contributed by atoms with van der Waals surface area (Å²) in [4.78, 5) is 35.4. The minimum atomic E-state index is -5.04. The van der Waals surface area contributed by atoms with Gasteiger partial charge < -0.3 is 11.1 Å². The van der Waals surface area contributed by atoms with Crippen LogP contribution in [0.2, 0.25) is 0 Å². The molecule has 1 aromatic rings. The van der Waals surface area contributed by atoms with Crippen molar-refractivity contribution in [1.29, 1.82) is 0 Å². The van der Waals surface area contributed by atoms with Gasteiger partial charge in [-0.1, -0.05) is 0 Å². The Balaban J connectivity index is 2.22. The average molecular weight is 424 g/mol. The highest BCUT2D eigenvalue weighted by molar-refractivity contribution is 5.89. The number of carbonyl (C=O) groups is 3. The molecule has 0 unspecified atom stereocenters. The number of primary amides is 1. The van der Waals surface area contributed by atoms with Gasteiger partial charge in [-0.25, -0.2) is 0 Å². The molecular formula is C18H18F6N2O3. The van der Waals surface area contributed by atoms with Crippen molar-refractivity contribution in [3.8, 4) is 0 Å². The van der Waals surface area contributed by atoms with Crippen molar-refractivity contribution in [3.63, 3.8) is 0 Å². The van der Waals surface area contributed by atoms with Gasteiger partial charge >= 0.3 is 12.4 Å². The lowest BCUT2D eigenvalue weighted by Gasteiger charge is -2.28. The van der Waals surface area contributed by atoms with Gasteiger partial charge in [0.05, 0.1) is 17.5 Å². The fourth-order valence-electron chi connectivity index (χ4n) is 3.30. The molecule has 1 saturated carbocycles. The summed E-state index contributed by atoms with van der Waals surface area (Å²) in [6.07, 6.45) is -9.63. The van der Waals surface area contributed by atoms with Crippen molar-refractivity contribution in [2.24, 2.45) is 11.7 Å². The van der Waals surface area contributed by atoms with E-state index in [0.29, 0.717) is 31.4 Å². The molecule has 0 radical (unpaired) electrons. The largest absolute Gasteiger partial charge is 0.416 e. The third-order valence-electron chi connectivity index (χ3n) is 4.63. The zero-order valence-electron chi connectivity index (χ0n) is 15.0. The Labute approximate surface area is 161 Å². The first kappa shape index (κ1) is 22.7. The van der Waals surface area contributed by atoms with Crippen LogP contribution in [0.25, 0.3) is 0 Å². The van der Waals surface area contributed by atoms with Crippen LogP contribution in [0.1, 0.15) is 42.4 Å². The SMILES string of the molecule is NC(=O)[C@@H](NC(=O)Cc1cc(C(F)(F)F)cc(C(F)(F)F)c1)[C@H]1CCCC(=O)C1. The number of nitrogens with two attached hydrogens (primary N) is 1. The first-order chi connectivity index (χ1) is 13.3. The monoisotopic (exact) mass is 424 g/mol. The summed E-state index contributed by atoms with van der Waals surface area (Å²) in [5, 5.41) is 2.24. The first-order valence-electron chi connectivity index (χ1n) is 8.66. The lowest BCUT2D eigenvalue weighted by Crippen LogP contribution is -2.50. The molecule has 1 aliphatic carbocycles. The zero-order valence-corrected chi connectivity index (χ0v) is 15.0. The number of hydrogen-bond donors (Lipinski definition) is 2. The van der Waals surface area contributed by atoms with E-state index in [1.54, 1.807) is 0 Å². The Morgan fingerprint density at radius 3 is 2.07 bits per heavy atom. The van der Waals surface area contributed by atoms with Gasteiger partial charge in [-0.3, -0.25) is 14.4 Å². The summed E-state index contributed by atoms with van der Waals surface area (Å²) in [5.74, 6) is -2.59. The van der Waals surface area contributed by atoms with Gasteiger partial charge in [-0.15, -0.1) is 0 Å². The number of rotatable bonds is 5. The van der Waals surface area contributed by atoms with Gasteiger partial charge in [0.1, 0.15) is 11.8 Å². The number of amides is 2. The molecule has 2 amide bonds. The van der Waals surface area contributed by atoms with Crippen LogP contribution in [0.4, 0.5) is 26.3 Å². The molecule has 160 valence electrons. The van der Waals surface area contributed by atoms with Crippen LogP contribution in [0, 0.1) is 5.92 Å². The average Bonchev–Trinajstić information content (AvgIpc) is 2.57. The highest BCUT2D eigenvalue weighted by Crippen LogP contribution is 2.36. The molecule has 0 aromatic heterocycles. The molecule has 1 aliphatic rings. The topological polar surface area (TPSA) is 89.3 Å². The normalized spacial score (nSPS) is 19.0. The molecule has 0 bridgehead atoms. The second-order valence-corrected chi connectivity index (χ2v) is 6.93. The van der Waals surface area contributed by atoms with Crippen molar-refractivity contribution in [2.75, 3.05) is 0 Å². The highest BCUT2D eigenvalue weighted by Gasteiger charge is 2.37. The Bertz CT molecular complexity index is 772. The minimum absolute atomic E-state index is 0.00959. The van der Waals surface area contributed by atoms with Crippen LogP contribution in [0.15, 0.2) is 18.2 Å². The minimum Gasteiger partial charge on any atom is -0.368 e. The smallest absolute Gasteiger partial charge is 0.368 e. The Morgan fingerprint density at radius 2 is 1.62 bits per heavy atom. The van der Waals surface area contributed by atoms with E-state index in [-0.39, 0.29) is 18.3 Å². The summed E-state index contributed by atoms with van der Waals surface area (Å²) >= 11 is 0. The summed E-state index contributed by atoms with van der Waals surface area (Å²) in [5.41, 5.74) is 1.65. The fraction of sp³-hybridized carbons (Fsp3) is 0.500. The van der Waals surface area contributed by atoms with E-state index >= 15 is 0 Å². The quantitative estimate of drug-likeness (QED) is 0.713. The molecular weight excluding hydrogens is 406 g/mol. The molecule has 5 nitrogen and oxygen atoms in total. The van der Waals surface area contributed by atoms with E-state index in [1.165, 1.54) is 0 Å². The number of hydrogen-bond acceptors (Lipinski definition) is 3. The van der Waals surface area contributed by atoms with Gasteiger partial charge in [0.2, 0.25) is 11.8 Å². The lowest BCUT2D eigenvalue weighted by atomic mass is 9.82. The van der Waals surface area contributed by atoms with Crippen molar-refractivity contribution in [3.05, 3.63) is 34.9 Å². The zero-order chi connectivity index (χ0) is 22.0. The molecule has 2 atom stereocenters. The molecule has 0 saturated heterocycles. The molecule has 11 heteroatoms. The van der Waals surface area contributed by atoms with Gasteiger partial charge in [-0.2, -0.15) is 26.3 Å². The third kappa shape index (κ3) is 6.20. The number of carbonyl (C=O) groups excluding carboxylic acids is 3. The maximum Gasteiger partial charge on any atom is 0.416 e. The van der Waals surface area contributed by atoms with Crippen LogP contribution in [-0.2, 0) is 33.2 Å². The maximum atomic E-state index is 12.9. The maximum absolute atomic E-state index is 12.9. The van der Waals surface area contributed by atoms with Crippen molar-refractivity contribution in [2.45, 2.75) is 50.5 Å². The van der Waals surface area contributed by atoms with E-state index in [4.69, 9.17) is 5.73 Å². The fourth-order valence-corrected chi connectivity index (χ4v) is 3.30. The molecule has 0 spiro atoms. The first-order valence-corrected chi connectivity index (χ1v) is 8.66. The Morgan fingerprint density at radius 1 is 1.07 bits per heavy atom. The second kappa shape index (κ2) is 8.42. The predicted molar refractivity (Wildman–Crippen MR) is 88.2 cm³/mol. The lowest BCUT2D eigenvalue weighted by molar-refractivity contribution is -0.143. The molecule has 1 fully saturated rings. The molecule has 0 heterocycles. The summed E-state index contributed by atoms with van der Waals surface area (Å²) in [6.45, 7) is 0. The number of ketones is 1. The number of alkyl halides is 6. The predicted octanol–water partition coefficient (Wildman–Crippen LogP) is 3.00. The van der Waals surface area contributed by atoms with Crippen LogP contribution < -0.4 is 11.1 Å². The van der Waals surface area contributed by atoms with Gasteiger partial charge in [0.25, 0.3) is 0 Å². The molecule has 1 aromatic carbocycles. The van der Waals surface area contributed by atoms with E-state index in [0.717, 1.165) is 0 Å². The molecule has 2 rings (SSSR count). The van der Waals surface area contributed by atoms with Gasteiger partial charge in [0, 0.05) is 12.8 Å². The summed E-state index contributed by atoms with van der Waals surface area (Å²) < 4.78 is 77.4. The van der Waals surface area contributed by atoms with Crippen molar-refractivity contribution < 1.29 is 40.7 Å². The van der Waals surface area contributed by atoms with Crippen molar-refractivity contribution in [1.82, 2.24) is 5.32 Å². The van der Waals surface area contributed by atoms with Gasteiger partial charge in [0.15, 0.2) is 0 Å². The second-order valence-electron chi connectivity index (χ2n) is 6.93. The van der Waals surface area contributed by atoms with Crippen LogP contribution in [-0.4, -0.2) is 23.6 Å². The number of Topliss-reactive ketones (excluding diaryl/α,β-unsaturated/α-hetero) is 1. The molecule has 29 heavy (non-hydrogen) atoms. The Kier molecular flexibility index (Phi) is 6.59. The van der Waals surface area contributed by atoms with Crippen LogP contribution >= 0.6 is 0 Å². The Hall–Kier alpha value is -2.59. The number of benzene rings is 1.